The van der Waals surface area contributed by atoms with E-state index >= 15 is 0 Å². The number of aliphatic hydroxyl groups is 1. The predicted octanol–water partition coefficient (Wildman–Crippen LogP) is 2.06. The zero-order chi connectivity index (χ0) is 17.4. The van der Waals surface area contributed by atoms with Crippen molar-refractivity contribution >= 4 is 17.7 Å². The molecule has 1 aromatic rings. The van der Waals surface area contributed by atoms with Gasteiger partial charge in [-0.15, -0.1) is 0 Å². The van der Waals surface area contributed by atoms with Gasteiger partial charge in [-0.05, 0) is 29.7 Å². The maximum absolute atomic E-state index is 11.8. The van der Waals surface area contributed by atoms with Crippen molar-refractivity contribution in [2.75, 3.05) is 37.7 Å². The SMILES string of the molecule is CCC(C)C(O)CNC(=O)/C=C/c1ccc(N2CCOCC2)cc1. The monoisotopic (exact) mass is 332 g/mol. The molecule has 132 valence electrons. The number of hydrogen-bond acceptors (Lipinski definition) is 4. The van der Waals surface area contributed by atoms with Crippen molar-refractivity contribution in [3.63, 3.8) is 0 Å². The minimum atomic E-state index is -0.500. The van der Waals surface area contributed by atoms with Crippen LogP contribution in [0.25, 0.3) is 6.08 Å². The van der Waals surface area contributed by atoms with Gasteiger partial charge in [0.15, 0.2) is 0 Å². The summed E-state index contributed by atoms with van der Waals surface area (Å²) in [7, 11) is 0. The zero-order valence-electron chi connectivity index (χ0n) is 14.6. The highest BCUT2D eigenvalue weighted by Gasteiger charge is 2.12. The zero-order valence-corrected chi connectivity index (χ0v) is 14.6. The average molecular weight is 332 g/mol. The molecule has 5 heteroatoms. The number of carbonyl (C=O) groups excluding carboxylic acids is 1. The van der Waals surface area contributed by atoms with Crippen LogP contribution in [0.2, 0.25) is 0 Å². The second kappa shape index (κ2) is 9.45. The lowest BCUT2D eigenvalue weighted by atomic mass is 10.0. The molecule has 0 spiro atoms. The summed E-state index contributed by atoms with van der Waals surface area (Å²) in [6.45, 7) is 7.65. The number of ether oxygens (including phenoxy) is 1. The van der Waals surface area contributed by atoms with Crippen LogP contribution in [-0.4, -0.2) is 50.0 Å². The normalized spacial score (nSPS) is 17.7. The smallest absolute Gasteiger partial charge is 0.244 e. The number of nitrogens with one attached hydrogen (secondary N) is 1. The molecular formula is C19H28N2O3. The Labute approximate surface area is 144 Å². The van der Waals surface area contributed by atoms with Crippen molar-refractivity contribution in [1.29, 1.82) is 0 Å². The first-order valence-corrected chi connectivity index (χ1v) is 8.67. The third kappa shape index (κ3) is 5.65. The molecule has 1 aromatic carbocycles. The Bertz CT molecular complexity index is 536. The van der Waals surface area contributed by atoms with Crippen LogP contribution in [0.3, 0.4) is 0 Å². The number of carbonyl (C=O) groups is 1. The molecule has 5 nitrogen and oxygen atoms in total. The van der Waals surface area contributed by atoms with Crippen LogP contribution in [-0.2, 0) is 9.53 Å². The number of hydrogen-bond donors (Lipinski definition) is 2. The molecule has 1 fully saturated rings. The molecule has 1 amide bonds. The van der Waals surface area contributed by atoms with Crippen LogP contribution >= 0.6 is 0 Å². The molecule has 0 saturated carbocycles. The molecule has 0 aromatic heterocycles. The fourth-order valence-electron chi connectivity index (χ4n) is 2.53. The number of benzene rings is 1. The van der Waals surface area contributed by atoms with Crippen LogP contribution in [0.5, 0.6) is 0 Å². The van der Waals surface area contributed by atoms with Gasteiger partial charge in [0.05, 0.1) is 19.3 Å². The van der Waals surface area contributed by atoms with Crippen molar-refractivity contribution in [3.8, 4) is 0 Å². The largest absolute Gasteiger partial charge is 0.391 e. The Morgan fingerprint density at radius 1 is 1.33 bits per heavy atom. The minimum absolute atomic E-state index is 0.182. The molecule has 2 rings (SSSR count). The number of nitrogens with zero attached hydrogens (tertiary/aromatic N) is 1. The van der Waals surface area contributed by atoms with Crippen LogP contribution in [0.15, 0.2) is 30.3 Å². The van der Waals surface area contributed by atoms with Gasteiger partial charge in [-0.2, -0.15) is 0 Å². The summed E-state index contributed by atoms with van der Waals surface area (Å²) in [5, 5.41) is 12.6. The van der Waals surface area contributed by atoms with Crippen molar-refractivity contribution in [1.82, 2.24) is 5.32 Å². The van der Waals surface area contributed by atoms with Crippen LogP contribution in [0, 0.1) is 5.92 Å². The predicted molar refractivity (Wildman–Crippen MR) is 97.0 cm³/mol. The van der Waals surface area contributed by atoms with E-state index in [-0.39, 0.29) is 18.4 Å². The summed E-state index contributed by atoms with van der Waals surface area (Å²) in [5.74, 6) is -0.00313. The molecule has 1 aliphatic heterocycles. The van der Waals surface area contributed by atoms with Crippen molar-refractivity contribution < 1.29 is 14.6 Å². The van der Waals surface area contributed by atoms with Gasteiger partial charge in [0.25, 0.3) is 0 Å². The summed E-state index contributed by atoms with van der Waals surface area (Å²) >= 11 is 0. The minimum Gasteiger partial charge on any atom is -0.391 e. The van der Waals surface area contributed by atoms with Crippen molar-refractivity contribution in [2.24, 2.45) is 5.92 Å². The van der Waals surface area contributed by atoms with Crippen LogP contribution in [0.1, 0.15) is 25.8 Å². The van der Waals surface area contributed by atoms with Crippen molar-refractivity contribution in [3.05, 3.63) is 35.9 Å². The standard InChI is InChI=1S/C19H28N2O3/c1-3-15(2)18(22)14-20-19(23)9-6-16-4-7-17(8-5-16)21-10-12-24-13-11-21/h4-9,15,18,22H,3,10-14H2,1-2H3,(H,20,23)/b9-6+. The van der Waals surface area contributed by atoms with Gasteiger partial charge in [-0.25, -0.2) is 0 Å². The van der Waals surface area contributed by atoms with Crippen molar-refractivity contribution in [2.45, 2.75) is 26.4 Å². The van der Waals surface area contributed by atoms with Gasteiger partial charge in [0.2, 0.25) is 5.91 Å². The average Bonchev–Trinajstić information content (AvgIpc) is 2.64. The molecule has 1 saturated heterocycles. The topological polar surface area (TPSA) is 61.8 Å². The first kappa shape index (κ1) is 18.5. The van der Waals surface area contributed by atoms with E-state index < -0.39 is 6.10 Å². The van der Waals surface area contributed by atoms with Gasteiger partial charge in [-0.3, -0.25) is 4.79 Å². The van der Waals surface area contributed by atoms with Gasteiger partial charge < -0.3 is 20.1 Å². The second-order valence-corrected chi connectivity index (χ2v) is 6.22. The first-order chi connectivity index (χ1) is 11.6. The lowest BCUT2D eigenvalue weighted by Gasteiger charge is -2.28. The Morgan fingerprint density at radius 2 is 2.00 bits per heavy atom. The maximum Gasteiger partial charge on any atom is 0.244 e. The lowest BCUT2D eigenvalue weighted by molar-refractivity contribution is -0.117. The summed E-state index contributed by atoms with van der Waals surface area (Å²) < 4.78 is 5.36. The Hall–Kier alpha value is -1.85. The Balaban J connectivity index is 1.81. The summed E-state index contributed by atoms with van der Waals surface area (Å²) in [6.07, 6.45) is 3.68. The summed E-state index contributed by atoms with van der Waals surface area (Å²) in [5.41, 5.74) is 2.15. The highest BCUT2D eigenvalue weighted by molar-refractivity contribution is 5.91. The van der Waals surface area contributed by atoms with Gasteiger partial charge >= 0.3 is 0 Å². The fraction of sp³-hybridized carbons (Fsp3) is 0.526. The molecule has 0 radical (unpaired) electrons. The van der Waals surface area contributed by atoms with E-state index in [0.717, 1.165) is 38.3 Å². The van der Waals surface area contributed by atoms with E-state index in [0.29, 0.717) is 0 Å². The summed E-state index contributed by atoms with van der Waals surface area (Å²) in [4.78, 5) is 14.1. The number of rotatable bonds is 7. The van der Waals surface area contributed by atoms with E-state index in [2.05, 4.69) is 22.3 Å². The molecule has 24 heavy (non-hydrogen) atoms. The van der Waals surface area contributed by atoms with E-state index in [4.69, 9.17) is 4.74 Å². The Kier molecular flexibility index (Phi) is 7.28. The van der Waals surface area contributed by atoms with E-state index in [1.807, 2.05) is 26.0 Å². The van der Waals surface area contributed by atoms with Gasteiger partial charge in [-0.1, -0.05) is 32.4 Å². The number of anilines is 1. The number of amides is 1. The fourth-order valence-corrected chi connectivity index (χ4v) is 2.53. The van der Waals surface area contributed by atoms with Gasteiger partial charge in [0, 0.05) is 31.4 Å². The first-order valence-electron chi connectivity index (χ1n) is 8.67. The molecule has 1 aliphatic rings. The molecule has 1 heterocycles. The summed E-state index contributed by atoms with van der Waals surface area (Å²) in [6, 6.07) is 8.14. The quantitative estimate of drug-likeness (QED) is 0.750. The highest BCUT2D eigenvalue weighted by Crippen LogP contribution is 2.17. The molecule has 0 aliphatic carbocycles. The lowest BCUT2D eigenvalue weighted by Crippen LogP contribution is -2.36. The molecular weight excluding hydrogens is 304 g/mol. The maximum atomic E-state index is 11.8. The van der Waals surface area contributed by atoms with Crippen LogP contribution in [0.4, 0.5) is 5.69 Å². The number of morpholine rings is 1. The van der Waals surface area contributed by atoms with E-state index in [1.165, 1.54) is 11.8 Å². The van der Waals surface area contributed by atoms with E-state index in [9.17, 15) is 9.90 Å². The molecule has 2 N–H and O–H groups in total. The Morgan fingerprint density at radius 3 is 2.62 bits per heavy atom. The number of aliphatic hydroxyl groups excluding tert-OH is 1. The molecule has 2 atom stereocenters. The van der Waals surface area contributed by atoms with Crippen LogP contribution < -0.4 is 10.2 Å². The molecule has 2 unspecified atom stereocenters. The third-order valence-electron chi connectivity index (χ3n) is 4.48. The van der Waals surface area contributed by atoms with E-state index in [1.54, 1.807) is 6.08 Å². The second-order valence-electron chi connectivity index (χ2n) is 6.22. The van der Waals surface area contributed by atoms with Gasteiger partial charge in [0.1, 0.15) is 0 Å². The third-order valence-corrected chi connectivity index (χ3v) is 4.48. The molecule has 0 bridgehead atoms. The highest BCUT2D eigenvalue weighted by atomic mass is 16.5.